The zero-order valence-electron chi connectivity index (χ0n) is 11.6. The monoisotopic (exact) mass is 264 g/mol. The molecule has 4 heteroatoms. The second kappa shape index (κ2) is 4.09. The van der Waals surface area contributed by atoms with E-state index in [-0.39, 0.29) is 41.2 Å². The van der Waals surface area contributed by atoms with Crippen molar-refractivity contribution in [1.29, 1.82) is 0 Å². The fourth-order valence-corrected chi connectivity index (χ4v) is 4.03. The first kappa shape index (κ1) is 12.7. The van der Waals surface area contributed by atoms with Gasteiger partial charge in [0.25, 0.3) is 0 Å². The molecule has 2 aliphatic carbocycles. The number of hydrogen-bond acceptors (Lipinski definition) is 4. The lowest BCUT2D eigenvalue weighted by Gasteiger charge is -2.43. The van der Waals surface area contributed by atoms with Gasteiger partial charge in [0.15, 0.2) is 0 Å². The molecule has 1 heterocycles. The van der Waals surface area contributed by atoms with Crippen molar-refractivity contribution < 1.29 is 19.1 Å². The van der Waals surface area contributed by atoms with Crippen molar-refractivity contribution in [3.63, 3.8) is 0 Å². The summed E-state index contributed by atoms with van der Waals surface area (Å²) < 4.78 is 10.4. The van der Waals surface area contributed by atoms with Crippen molar-refractivity contribution in [2.24, 2.45) is 23.2 Å². The summed E-state index contributed by atoms with van der Waals surface area (Å²) >= 11 is 0. The van der Waals surface area contributed by atoms with E-state index >= 15 is 0 Å². The number of ether oxygens (including phenoxy) is 2. The smallest absolute Gasteiger partial charge is 0.310 e. The van der Waals surface area contributed by atoms with E-state index in [1.807, 2.05) is 0 Å². The van der Waals surface area contributed by atoms with Crippen LogP contribution in [0, 0.1) is 23.2 Å². The van der Waals surface area contributed by atoms with Crippen LogP contribution in [0.5, 0.6) is 0 Å². The molecule has 1 aliphatic heterocycles. The van der Waals surface area contributed by atoms with Gasteiger partial charge in [-0.2, -0.15) is 0 Å². The number of esters is 2. The third-order valence-electron chi connectivity index (χ3n) is 5.05. The minimum Gasteiger partial charge on any atom is -0.469 e. The average molecular weight is 264 g/mol. The van der Waals surface area contributed by atoms with Crippen LogP contribution in [-0.4, -0.2) is 25.2 Å². The van der Waals surface area contributed by atoms with Gasteiger partial charge in [-0.1, -0.05) is 25.5 Å². The van der Waals surface area contributed by atoms with Gasteiger partial charge in [-0.15, -0.1) is 0 Å². The molecule has 0 aromatic heterocycles. The second-order valence-corrected chi connectivity index (χ2v) is 6.47. The van der Waals surface area contributed by atoms with E-state index in [2.05, 4.69) is 19.9 Å². The van der Waals surface area contributed by atoms with Gasteiger partial charge in [-0.05, 0) is 24.7 Å². The first-order valence-corrected chi connectivity index (χ1v) is 6.94. The standard InChI is InChI=1S/C15H20O4/c1-15(2)7-6-10-12-9(15)5-4-8(13(16)18-3)11(12)14(17)19-10/h5,8,10-12H,4,6-7H2,1-3H3/t8-,10-,11-,12+/m1/s1. The van der Waals surface area contributed by atoms with Gasteiger partial charge in [0.05, 0.1) is 18.9 Å². The van der Waals surface area contributed by atoms with Crippen molar-refractivity contribution in [2.75, 3.05) is 7.11 Å². The van der Waals surface area contributed by atoms with Crippen molar-refractivity contribution >= 4 is 11.9 Å². The maximum Gasteiger partial charge on any atom is 0.310 e. The number of carbonyl (C=O) groups excluding carboxylic acids is 2. The average Bonchev–Trinajstić information content (AvgIpc) is 2.72. The van der Waals surface area contributed by atoms with Crippen LogP contribution >= 0.6 is 0 Å². The van der Waals surface area contributed by atoms with E-state index in [0.29, 0.717) is 6.42 Å². The van der Waals surface area contributed by atoms with Gasteiger partial charge in [0, 0.05) is 5.92 Å². The van der Waals surface area contributed by atoms with Crippen LogP contribution in [0.1, 0.15) is 33.1 Å². The fourth-order valence-electron chi connectivity index (χ4n) is 4.03. The topological polar surface area (TPSA) is 52.6 Å². The zero-order valence-corrected chi connectivity index (χ0v) is 11.6. The highest BCUT2D eigenvalue weighted by molar-refractivity contribution is 5.85. The summed E-state index contributed by atoms with van der Waals surface area (Å²) in [7, 11) is 1.38. The predicted octanol–water partition coefficient (Wildman–Crippen LogP) is 2.08. The Hall–Kier alpha value is -1.32. The zero-order chi connectivity index (χ0) is 13.8. The van der Waals surface area contributed by atoms with Crippen LogP contribution in [-0.2, 0) is 19.1 Å². The fraction of sp³-hybridized carbons (Fsp3) is 0.733. The molecule has 0 aromatic rings. The summed E-state index contributed by atoms with van der Waals surface area (Å²) in [4.78, 5) is 24.0. The SMILES string of the molecule is COC(=O)[C@@H]1CC=C2[C@@H]3[C@@H]1C(=O)O[C@@H]3CCC2(C)C. The van der Waals surface area contributed by atoms with Crippen molar-refractivity contribution in [2.45, 2.75) is 39.2 Å². The van der Waals surface area contributed by atoms with Gasteiger partial charge in [0.1, 0.15) is 6.10 Å². The lowest BCUT2D eigenvalue weighted by Crippen LogP contribution is -2.43. The Morgan fingerprint density at radius 1 is 1.42 bits per heavy atom. The molecule has 0 unspecified atom stereocenters. The van der Waals surface area contributed by atoms with Gasteiger partial charge in [-0.3, -0.25) is 9.59 Å². The van der Waals surface area contributed by atoms with Crippen molar-refractivity contribution in [1.82, 2.24) is 0 Å². The molecule has 1 saturated heterocycles. The quantitative estimate of drug-likeness (QED) is 0.537. The maximum absolute atomic E-state index is 12.1. The maximum atomic E-state index is 12.1. The number of hydrogen-bond donors (Lipinski definition) is 0. The summed E-state index contributed by atoms with van der Waals surface area (Å²) in [6.45, 7) is 4.43. The van der Waals surface area contributed by atoms with Crippen molar-refractivity contribution in [3.8, 4) is 0 Å². The van der Waals surface area contributed by atoms with Crippen LogP contribution in [0.3, 0.4) is 0 Å². The van der Waals surface area contributed by atoms with Crippen LogP contribution in [0.25, 0.3) is 0 Å². The van der Waals surface area contributed by atoms with Crippen LogP contribution < -0.4 is 0 Å². The van der Waals surface area contributed by atoms with Gasteiger partial charge >= 0.3 is 11.9 Å². The molecule has 3 rings (SSSR count). The normalized spacial score (nSPS) is 39.1. The van der Waals surface area contributed by atoms with E-state index in [1.165, 1.54) is 12.7 Å². The summed E-state index contributed by atoms with van der Waals surface area (Å²) in [5.74, 6) is -1.13. The molecule has 0 N–H and O–H groups in total. The molecule has 1 saturated carbocycles. The predicted molar refractivity (Wildman–Crippen MR) is 68.1 cm³/mol. The lowest BCUT2D eigenvalue weighted by atomic mass is 9.59. The minimum atomic E-state index is -0.370. The molecule has 19 heavy (non-hydrogen) atoms. The number of rotatable bonds is 1. The molecule has 4 atom stereocenters. The molecule has 4 nitrogen and oxygen atoms in total. The molecule has 104 valence electrons. The van der Waals surface area contributed by atoms with E-state index in [1.54, 1.807) is 0 Å². The third kappa shape index (κ3) is 1.72. The molecule has 2 fully saturated rings. The molecular weight excluding hydrogens is 244 g/mol. The largest absolute Gasteiger partial charge is 0.469 e. The Balaban J connectivity index is 2.02. The molecule has 0 spiro atoms. The Kier molecular flexibility index (Phi) is 2.73. The summed E-state index contributed by atoms with van der Waals surface area (Å²) in [5.41, 5.74) is 1.41. The van der Waals surface area contributed by atoms with Crippen molar-refractivity contribution in [3.05, 3.63) is 11.6 Å². The Labute approximate surface area is 113 Å². The van der Waals surface area contributed by atoms with Crippen LogP contribution in [0.15, 0.2) is 11.6 Å². The summed E-state index contributed by atoms with van der Waals surface area (Å²) in [6, 6.07) is 0. The molecular formula is C15H20O4. The molecule has 0 amide bonds. The molecule has 0 radical (unpaired) electrons. The first-order chi connectivity index (χ1) is 8.95. The Bertz CT molecular complexity index is 463. The Morgan fingerprint density at radius 3 is 2.84 bits per heavy atom. The van der Waals surface area contributed by atoms with E-state index in [9.17, 15) is 9.59 Å². The molecule has 0 bridgehead atoms. The number of carbonyl (C=O) groups is 2. The first-order valence-electron chi connectivity index (χ1n) is 6.94. The van der Waals surface area contributed by atoms with Crippen LogP contribution in [0.4, 0.5) is 0 Å². The minimum absolute atomic E-state index is 0.0377. The number of allylic oxidation sites excluding steroid dienone is 1. The summed E-state index contributed by atoms with van der Waals surface area (Å²) in [6.07, 6.45) is 4.63. The van der Waals surface area contributed by atoms with E-state index in [0.717, 1.165) is 12.8 Å². The number of methoxy groups -OCH3 is 1. The highest BCUT2D eigenvalue weighted by atomic mass is 16.6. The van der Waals surface area contributed by atoms with Crippen LogP contribution in [0.2, 0.25) is 0 Å². The second-order valence-electron chi connectivity index (χ2n) is 6.47. The van der Waals surface area contributed by atoms with Gasteiger partial charge in [0.2, 0.25) is 0 Å². The van der Waals surface area contributed by atoms with Gasteiger partial charge < -0.3 is 9.47 Å². The van der Waals surface area contributed by atoms with E-state index < -0.39 is 0 Å². The highest BCUT2D eigenvalue weighted by Crippen LogP contribution is 2.55. The van der Waals surface area contributed by atoms with Gasteiger partial charge in [-0.25, -0.2) is 0 Å². The highest BCUT2D eigenvalue weighted by Gasteiger charge is 2.57. The lowest BCUT2D eigenvalue weighted by molar-refractivity contribution is -0.154. The summed E-state index contributed by atoms with van der Waals surface area (Å²) in [5, 5.41) is 0. The van der Waals surface area contributed by atoms with E-state index in [4.69, 9.17) is 9.47 Å². The Morgan fingerprint density at radius 2 is 2.16 bits per heavy atom. The third-order valence-corrected chi connectivity index (χ3v) is 5.05. The molecule has 3 aliphatic rings. The molecule has 0 aromatic carbocycles.